The SMILES string of the molecule is NCCc1cccc(Cl)c1OCCN1CCCC1. The van der Waals surface area contributed by atoms with Gasteiger partial charge in [0.25, 0.3) is 0 Å². The van der Waals surface area contributed by atoms with Crippen LogP contribution in [0.15, 0.2) is 18.2 Å². The van der Waals surface area contributed by atoms with E-state index in [9.17, 15) is 0 Å². The fourth-order valence-corrected chi connectivity index (χ4v) is 2.60. The van der Waals surface area contributed by atoms with Crippen molar-refractivity contribution in [2.45, 2.75) is 19.3 Å². The zero-order valence-corrected chi connectivity index (χ0v) is 11.5. The molecule has 18 heavy (non-hydrogen) atoms. The summed E-state index contributed by atoms with van der Waals surface area (Å²) >= 11 is 6.18. The van der Waals surface area contributed by atoms with Gasteiger partial charge >= 0.3 is 0 Å². The van der Waals surface area contributed by atoms with Crippen molar-refractivity contribution >= 4 is 11.6 Å². The Kier molecular flexibility index (Phi) is 5.29. The second kappa shape index (κ2) is 6.98. The van der Waals surface area contributed by atoms with Gasteiger partial charge in [-0.3, -0.25) is 4.90 Å². The first-order chi connectivity index (χ1) is 8.81. The van der Waals surface area contributed by atoms with Crippen molar-refractivity contribution in [3.8, 4) is 5.75 Å². The van der Waals surface area contributed by atoms with E-state index in [2.05, 4.69) is 4.90 Å². The van der Waals surface area contributed by atoms with Crippen molar-refractivity contribution in [3.63, 3.8) is 0 Å². The number of rotatable bonds is 6. The number of para-hydroxylation sites is 1. The second-order valence-electron chi connectivity index (χ2n) is 4.66. The van der Waals surface area contributed by atoms with E-state index in [1.807, 2.05) is 18.2 Å². The van der Waals surface area contributed by atoms with E-state index >= 15 is 0 Å². The molecule has 1 aromatic rings. The Morgan fingerprint density at radius 1 is 1.28 bits per heavy atom. The molecule has 0 aromatic heterocycles. The third kappa shape index (κ3) is 3.61. The molecule has 1 saturated heterocycles. The quantitative estimate of drug-likeness (QED) is 0.861. The van der Waals surface area contributed by atoms with Gasteiger partial charge in [-0.15, -0.1) is 0 Å². The molecule has 1 fully saturated rings. The first kappa shape index (κ1) is 13.7. The number of likely N-dealkylation sites (tertiary alicyclic amines) is 1. The van der Waals surface area contributed by atoms with Crippen LogP contribution in [0.25, 0.3) is 0 Å². The fraction of sp³-hybridized carbons (Fsp3) is 0.571. The van der Waals surface area contributed by atoms with Gasteiger partial charge in [0.1, 0.15) is 12.4 Å². The molecule has 1 aliphatic rings. The van der Waals surface area contributed by atoms with Gasteiger partial charge in [0.2, 0.25) is 0 Å². The summed E-state index contributed by atoms with van der Waals surface area (Å²) in [6, 6.07) is 5.84. The minimum absolute atomic E-state index is 0.614. The maximum Gasteiger partial charge on any atom is 0.141 e. The fourth-order valence-electron chi connectivity index (χ4n) is 2.35. The summed E-state index contributed by atoms with van der Waals surface area (Å²) < 4.78 is 5.85. The third-order valence-electron chi connectivity index (χ3n) is 3.31. The molecule has 0 radical (unpaired) electrons. The summed E-state index contributed by atoms with van der Waals surface area (Å²) in [7, 11) is 0. The van der Waals surface area contributed by atoms with Crippen molar-refractivity contribution in [3.05, 3.63) is 28.8 Å². The van der Waals surface area contributed by atoms with E-state index in [0.29, 0.717) is 18.2 Å². The van der Waals surface area contributed by atoms with Gasteiger partial charge < -0.3 is 10.5 Å². The molecule has 100 valence electrons. The number of nitrogens with two attached hydrogens (primary N) is 1. The lowest BCUT2D eigenvalue weighted by molar-refractivity contribution is 0.236. The number of hydrogen-bond acceptors (Lipinski definition) is 3. The van der Waals surface area contributed by atoms with Crippen LogP contribution in [0.5, 0.6) is 5.75 Å². The predicted molar refractivity (Wildman–Crippen MR) is 75.4 cm³/mol. The van der Waals surface area contributed by atoms with E-state index in [1.165, 1.54) is 25.9 Å². The van der Waals surface area contributed by atoms with Gasteiger partial charge in [0.05, 0.1) is 5.02 Å². The molecule has 1 aromatic carbocycles. The summed E-state index contributed by atoms with van der Waals surface area (Å²) in [5.41, 5.74) is 6.70. The Morgan fingerprint density at radius 3 is 2.78 bits per heavy atom. The molecule has 0 unspecified atom stereocenters. The summed E-state index contributed by atoms with van der Waals surface area (Å²) in [5.74, 6) is 0.809. The summed E-state index contributed by atoms with van der Waals surface area (Å²) in [6.07, 6.45) is 3.43. The molecule has 1 aliphatic heterocycles. The second-order valence-corrected chi connectivity index (χ2v) is 5.07. The highest BCUT2D eigenvalue weighted by atomic mass is 35.5. The Hall–Kier alpha value is -0.770. The molecule has 4 heteroatoms. The van der Waals surface area contributed by atoms with Gasteiger partial charge in [-0.1, -0.05) is 23.7 Å². The van der Waals surface area contributed by atoms with E-state index < -0.39 is 0 Å². The topological polar surface area (TPSA) is 38.5 Å². The average Bonchev–Trinajstić information content (AvgIpc) is 2.86. The lowest BCUT2D eigenvalue weighted by Crippen LogP contribution is -2.25. The zero-order valence-electron chi connectivity index (χ0n) is 10.7. The Morgan fingerprint density at radius 2 is 2.06 bits per heavy atom. The number of hydrogen-bond donors (Lipinski definition) is 1. The molecule has 0 spiro atoms. The van der Waals surface area contributed by atoms with Crippen LogP contribution in [0.3, 0.4) is 0 Å². The van der Waals surface area contributed by atoms with Crippen LogP contribution < -0.4 is 10.5 Å². The zero-order chi connectivity index (χ0) is 12.8. The summed E-state index contributed by atoms with van der Waals surface area (Å²) in [5, 5.41) is 0.683. The Labute approximate surface area is 114 Å². The minimum atomic E-state index is 0.614. The van der Waals surface area contributed by atoms with Crippen LogP contribution in [-0.2, 0) is 6.42 Å². The molecule has 0 atom stereocenters. The lowest BCUT2D eigenvalue weighted by atomic mass is 10.1. The number of ether oxygens (including phenoxy) is 1. The van der Waals surface area contributed by atoms with Crippen molar-refractivity contribution in [2.75, 3.05) is 32.8 Å². The molecule has 0 bridgehead atoms. The van der Waals surface area contributed by atoms with Crippen LogP contribution in [-0.4, -0.2) is 37.7 Å². The Balaban J connectivity index is 1.90. The maximum atomic E-state index is 6.18. The van der Waals surface area contributed by atoms with Gasteiger partial charge in [-0.2, -0.15) is 0 Å². The van der Waals surface area contributed by atoms with Crippen molar-refractivity contribution in [1.82, 2.24) is 4.90 Å². The summed E-state index contributed by atoms with van der Waals surface area (Å²) in [4.78, 5) is 2.43. The standard InChI is InChI=1S/C14H21ClN2O/c15-13-5-3-4-12(6-7-16)14(13)18-11-10-17-8-1-2-9-17/h3-5H,1-2,6-11,16H2. The van der Waals surface area contributed by atoms with Crippen molar-refractivity contribution in [2.24, 2.45) is 5.73 Å². The molecule has 3 nitrogen and oxygen atoms in total. The van der Waals surface area contributed by atoms with Gasteiger partial charge in [-0.25, -0.2) is 0 Å². The van der Waals surface area contributed by atoms with Crippen LogP contribution in [0.4, 0.5) is 0 Å². The molecule has 2 N–H and O–H groups in total. The van der Waals surface area contributed by atoms with E-state index in [1.54, 1.807) is 0 Å². The van der Waals surface area contributed by atoms with Gasteiger partial charge in [0, 0.05) is 6.54 Å². The van der Waals surface area contributed by atoms with Crippen LogP contribution >= 0.6 is 11.6 Å². The van der Waals surface area contributed by atoms with Gasteiger partial charge in [-0.05, 0) is 50.5 Å². The van der Waals surface area contributed by atoms with Crippen LogP contribution in [0.2, 0.25) is 5.02 Å². The molecule has 0 amide bonds. The normalized spacial score (nSPS) is 16.1. The average molecular weight is 269 g/mol. The lowest BCUT2D eigenvalue weighted by Gasteiger charge is -2.17. The number of halogens is 1. The van der Waals surface area contributed by atoms with Crippen molar-refractivity contribution < 1.29 is 4.74 Å². The highest BCUT2D eigenvalue weighted by Gasteiger charge is 2.12. The minimum Gasteiger partial charge on any atom is -0.490 e. The van der Waals surface area contributed by atoms with E-state index in [4.69, 9.17) is 22.1 Å². The van der Waals surface area contributed by atoms with E-state index in [-0.39, 0.29) is 0 Å². The van der Waals surface area contributed by atoms with Crippen LogP contribution in [0, 0.1) is 0 Å². The highest BCUT2D eigenvalue weighted by Crippen LogP contribution is 2.28. The predicted octanol–water partition coefficient (Wildman–Crippen LogP) is 2.32. The molecule has 0 aliphatic carbocycles. The molecule has 2 rings (SSSR count). The smallest absolute Gasteiger partial charge is 0.141 e. The van der Waals surface area contributed by atoms with Crippen molar-refractivity contribution in [1.29, 1.82) is 0 Å². The van der Waals surface area contributed by atoms with Crippen LogP contribution in [0.1, 0.15) is 18.4 Å². The van der Waals surface area contributed by atoms with E-state index in [0.717, 1.165) is 24.3 Å². The first-order valence-corrected chi connectivity index (χ1v) is 7.01. The highest BCUT2D eigenvalue weighted by molar-refractivity contribution is 6.32. The summed E-state index contributed by atoms with van der Waals surface area (Å²) in [6.45, 7) is 4.68. The number of nitrogens with zero attached hydrogens (tertiary/aromatic N) is 1. The monoisotopic (exact) mass is 268 g/mol. The molecule has 1 heterocycles. The molecular weight excluding hydrogens is 248 g/mol. The van der Waals surface area contributed by atoms with Gasteiger partial charge in [0.15, 0.2) is 0 Å². The number of benzene rings is 1. The molecular formula is C14H21ClN2O. The third-order valence-corrected chi connectivity index (χ3v) is 3.61. The molecule has 0 saturated carbocycles. The largest absolute Gasteiger partial charge is 0.490 e. The maximum absolute atomic E-state index is 6.18. The Bertz CT molecular complexity index is 378. The first-order valence-electron chi connectivity index (χ1n) is 6.64.